The summed E-state index contributed by atoms with van der Waals surface area (Å²) in [5.41, 5.74) is 3.12. The van der Waals surface area contributed by atoms with Crippen LogP contribution in [0.3, 0.4) is 0 Å². The number of rotatable bonds is 10. The molecule has 4 rings (SSSR count). The van der Waals surface area contributed by atoms with Crippen LogP contribution in [-0.4, -0.2) is 39.0 Å². The highest BCUT2D eigenvalue weighted by atomic mass is 35.5. The molecular formula is C26H25ClN4O4S. The Morgan fingerprint density at radius 1 is 1.00 bits per heavy atom. The number of nitrogens with one attached hydrogen (secondary N) is 3. The molecule has 36 heavy (non-hydrogen) atoms. The molecule has 0 radical (unpaired) electrons. The molecule has 0 aliphatic carbocycles. The minimum absolute atomic E-state index is 0.0952. The molecule has 0 bridgehead atoms. The molecule has 0 aliphatic rings. The van der Waals surface area contributed by atoms with E-state index in [9.17, 15) is 13.2 Å². The lowest BCUT2D eigenvalue weighted by atomic mass is 10.2. The lowest BCUT2D eigenvalue weighted by Crippen LogP contribution is -2.32. The number of amides is 1. The number of sulfonamides is 1. The van der Waals surface area contributed by atoms with Gasteiger partial charge in [0.1, 0.15) is 5.75 Å². The first kappa shape index (κ1) is 25.3. The van der Waals surface area contributed by atoms with Crippen LogP contribution in [0.15, 0.2) is 83.9 Å². The van der Waals surface area contributed by atoms with E-state index in [1.54, 1.807) is 36.5 Å². The first-order valence-corrected chi connectivity index (χ1v) is 13.0. The van der Waals surface area contributed by atoms with Crippen LogP contribution in [0, 0.1) is 6.92 Å². The molecule has 0 unspecified atom stereocenters. The van der Waals surface area contributed by atoms with Crippen LogP contribution in [0.25, 0.3) is 10.9 Å². The van der Waals surface area contributed by atoms with Gasteiger partial charge in [-0.05, 0) is 73.2 Å². The van der Waals surface area contributed by atoms with Gasteiger partial charge >= 0.3 is 0 Å². The van der Waals surface area contributed by atoms with Crippen molar-refractivity contribution in [2.45, 2.75) is 11.8 Å². The second kappa shape index (κ2) is 11.3. The van der Waals surface area contributed by atoms with Crippen molar-refractivity contribution < 1.29 is 17.9 Å². The zero-order valence-electron chi connectivity index (χ0n) is 19.5. The van der Waals surface area contributed by atoms with E-state index in [1.807, 2.05) is 25.1 Å². The smallest absolute Gasteiger partial charge is 0.261 e. The zero-order chi connectivity index (χ0) is 25.5. The van der Waals surface area contributed by atoms with Gasteiger partial charge in [0.2, 0.25) is 0 Å². The molecule has 0 atom stereocenters. The average Bonchev–Trinajstić information content (AvgIpc) is 2.85. The average molecular weight is 525 g/mol. The molecule has 0 spiro atoms. The quantitative estimate of drug-likeness (QED) is 0.261. The Morgan fingerprint density at radius 3 is 2.58 bits per heavy atom. The van der Waals surface area contributed by atoms with Crippen molar-refractivity contribution in [2.75, 3.05) is 29.7 Å². The van der Waals surface area contributed by atoms with Crippen LogP contribution in [0.4, 0.5) is 11.4 Å². The Kier molecular flexibility index (Phi) is 7.92. The first-order chi connectivity index (χ1) is 17.3. The van der Waals surface area contributed by atoms with Crippen molar-refractivity contribution in [3.63, 3.8) is 0 Å². The topological polar surface area (TPSA) is 109 Å². The van der Waals surface area contributed by atoms with Gasteiger partial charge in [-0.15, -0.1) is 0 Å². The van der Waals surface area contributed by atoms with Gasteiger partial charge < -0.3 is 15.4 Å². The fourth-order valence-corrected chi connectivity index (χ4v) is 4.73. The number of carbonyl (C=O) groups is 1. The molecule has 4 aromatic rings. The number of ether oxygens (including phenoxy) is 1. The lowest BCUT2D eigenvalue weighted by Gasteiger charge is -2.11. The van der Waals surface area contributed by atoms with Crippen LogP contribution in [0.5, 0.6) is 5.75 Å². The summed E-state index contributed by atoms with van der Waals surface area (Å²) in [4.78, 5) is 16.5. The molecule has 1 amide bonds. The fraction of sp³-hybridized carbons (Fsp3) is 0.154. The predicted molar refractivity (Wildman–Crippen MR) is 142 cm³/mol. The maximum absolute atomic E-state index is 12.6. The van der Waals surface area contributed by atoms with Gasteiger partial charge in [-0.1, -0.05) is 23.7 Å². The molecule has 3 N–H and O–H groups in total. The van der Waals surface area contributed by atoms with Crippen molar-refractivity contribution in [3.8, 4) is 5.75 Å². The molecule has 8 nitrogen and oxygen atoms in total. The fourth-order valence-electron chi connectivity index (χ4n) is 3.51. The van der Waals surface area contributed by atoms with E-state index in [4.69, 9.17) is 16.3 Å². The number of carbonyl (C=O) groups excluding carboxylic acids is 1. The van der Waals surface area contributed by atoms with Crippen LogP contribution in [-0.2, 0) is 14.8 Å². The van der Waals surface area contributed by atoms with Crippen LogP contribution in [0.1, 0.15) is 5.56 Å². The van der Waals surface area contributed by atoms with Crippen molar-refractivity contribution in [3.05, 3.63) is 89.6 Å². The molecule has 0 aliphatic heterocycles. The monoisotopic (exact) mass is 524 g/mol. The largest absolute Gasteiger partial charge is 0.484 e. The molecule has 0 saturated heterocycles. The summed E-state index contributed by atoms with van der Waals surface area (Å²) in [7, 11) is -3.73. The van der Waals surface area contributed by atoms with E-state index in [-0.39, 0.29) is 17.4 Å². The summed E-state index contributed by atoms with van der Waals surface area (Å²) in [6, 6.07) is 20.4. The number of halogens is 1. The number of aryl methyl sites for hydroxylation is 1. The minimum Gasteiger partial charge on any atom is -0.484 e. The van der Waals surface area contributed by atoms with Crippen LogP contribution in [0.2, 0.25) is 5.02 Å². The van der Waals surface area contributed by atoms with E-state index < -0.39 is 10.0 Å². The van der Waals surface area contributed by atoms with Crippen molar-refractivity contribution in [1.29, 1.82) is 0 Å². The molecule has 10 heteroatoms. The number of fused-ring (bicyclic) bond motifs is 1. The van der Waals surface area contributed by atoms with Gasteiger partial charge in [-0.25, -0.2) is 8.42 Å². The molecule has 0 fully saturated rings. The van der Waals surface area contributed by atoms with E-state index in [0.29, 0.717) is 29.5 Å². The number of hydrogen-bond acceptors (Lipinski definition) is 6. The summed E-state index contributed by atoms with van der Waals surface area (Å²) in [5, 5.41) is 7.62. The molecule has 1 aromatic heterocycles. The van der Waals surface area contributed by atoms with E-state index in [1.165, 1.54) is 24.3 Å². The standard InChI is InChI=1S/C26H25ClN4O4S/c1-18-3-2-4-20(15-18)31-36(33,34)22-8-6-21(7-9-22)35-17-26(32)30-14-13-29-24-11-12-28-25-16-19(27)5-10-23(24)25/h2-12,15-16,31H,13-14,17H2,1H3,(H,28,29)(H,30,32). The van der Waals surface area contributed by atoms with E-state index >= 15 is 0 Å². The third-order valence-corrected chi connectivity index (χ3v) is 6.87. The summed E-state index contributed by atoms with van der Waals surface area (Å²) in [5.74, 6) is 0.0978. The zero-order valence-corrected chi connectivity index (χ0v) is 21.1. The van der Waals surface area contributed by atoms with Gasteiger partial charge in [0, 0.05) is 41.1 Å². The summed E-state index contributed by atoms with van der Waals surface area (Å²) in [6.07, 6.45) is 1.70. The lowest BCUT2D eigenvalue weighted by molar-refractivity contribution is -0.123. The molecular weight excluding hydrogens is 500 g/mol. The first-order valence-electron chi connectivity index (χ1n) is 11.2. The Bertz CT molecular complexity index is 1480. The third-order valence-electron chi connectivity index (χ3n) is 5.24. The predicted octanol–water partition coefficient (Wildman–Crippen LogP) is 4.60. The van der Waals surface area contributed by atoms with Gasteiger partial charge in [-0.3, -0.25) is 14.5 Å². The SMILES string of the molecule is Cc1cccc(NS(=O)(=O)c2ccc(OCC(=O)NCCNc3ccnc4cc(Cl)ccc34)cc2)c1. The maximum atomic E-state index is 12.6. The van der Waals surface area contributed by atoms with Crippen molar-refractivity contribution in [2.24, 2.45) is 0 Å². The van der Waals surface area contributed by atoms with Gasteiger partial charge in [0.15, 0.2) is 6.61 Å². The Balaban J connectivity index is 1.23. The van der Waals surface area contributed by atoms with Crippen LogP contribution >= 0.6 is 11.6 Å². The van der Waals surface area contributed by atoms with E-state index in [0.717, 1.165) is 22.2 Å². The van der Waals surface area contributed by atoms with E-state index in [2.05, 4.69) is 20.3 Å². The van der Waals surface area contributed by atoms with Crippen molar-refractivity contribution >= 4 is 49.8 Å². The van der Waals surface area contributed by atoms with Gasteiger partial charge in [0.05, 0.1) is 10.4 Å². The number of hydrogen-bond donors (Lipinski definition) is 3. The Hall–Kier alpha value is -3.82. The molecule has 186 valence electrons. The number of aromatic nitrogens is 1. The highest BCUT2D eigenvalue weighted by Crippen LogP contribution is 2.24. The van der Waals surface area contributed by atoms with Gasteiger partial charge in [0.25, 0.3) is 15.9 Å². The number of benzene rings is 3. The summed E-state index contributed by atoms with van der Waals surface area (Å²) >= 11 is 6.02. The second-order valence-corrected chi connectivity index (χ2v) is 10.2. The molecule has 0 saturated carbocycles. The second-order valence-electron chi connectivity index (χ2n) is 8.03. The Morgan fingerprint density at radius 2 is 1.81 bits per heavy atom. The van der Waals surface area contributed by atoms with Crippen molar-refractivity contribution in [1.82, 2.24) is 10.3 Å². The normalized spacial score (nSPS) is 11.2. The summed E-state index contributed by atoms with van der Waals surface area (Å²) < 4.78 is 33.2. The molecule has 3 aromatic carbocycles. The third kappa shape index (κ3) is 6.65. The Labute approximate surface area is 214 Å². The number of anilines is 2. The molecule has 1 heterocycles. The number of pyridine rings is 1. The maximum Gasteiger partial charge on any atom is 0.261 e. The van der Waals surface area contributed by atoms with Gasteiger partial charge in [-0.2, -0.15) is 0 Å². The summed E-state index contributed by atoms with van der Waals surface area (Å²) in [6.45, 7) is 2.59. The highest BCUT2D eigenvalue weighted by Gasteiger charge is 2.14. The highest BCUT2D eigenvalue weighted by molar-refractivity contribution is 7.92. The van der Waals surface area contributed by atoms with Crippen LogP contribution < -0.4 is 20.1 Å². The number of nitrogens with zero attached hydrogens (tertiary/aromatic N) is 1. The minimum atomic E-state index is -3.73.